The predicted octanol–water partition coefficient (Wildman–Crippen LogP) is 0.550. The third kappa shape index (κ3) is 4.22. The molecule has 0 fully saturated rings. The average Bonchev–Trinajstić information content (AvgIpc) is 3.08. The number of aliphatic hydroxyl groups is 1. The molecule has 1 atom stereocenters. The number of hydrogen-bond donors (Lipinski definition) is 5. The fourth-order valence-electron chi connectivity index (χ4n) is 2.79. The zero-order valence-corrected chi connectivity index (χ0v) is 14.5. The van der Waals surface area contributed by atoms with Crippen LogP contribution in [0.1, 0.15) is 22.7 Å². The lowest BCUT2D eigenvalue weighted by Gasteiger charge is -2.15. The van der Waals surface area contributed by atoms with E-state index in [4.69, 9.17) is 10.8 Å². The highest BCUT2D eigenvalue weighted by Crippen LogP contribution is 2.39. The van der Waals surface area contributed by atoms with Crippen molar-refractivity contribution in [1.29, 1.82) is 0 Å². The van der Waals surface area contributed by atoms with Gasteiger partial charge in [0, 0.05) is 30.8 Å². The summed E-state index contributed by atoms with van der Waals surface area (Å²) < 4.78 is 39.1. The van der Waals surface area contributed by atoms with Gasteiger partial charge in [-0.2, -0.15) is 13.2 Å². The van der Waals surface area contributed by atoms with Gasteiger partial charge in [-0.1, -0.05) is 0 Å². The van der Waals surface area contributed by atoms with Crippen LogP contribution in [0.2, 0.25) is 0 Å². The summed E-state index contributed by atoms with van der Waals surface area (Å²) in [6.07, 6.45) is -2.41. The quantitative estimate of drug-likeness (QED) is 0.476. The summed E-state index contributed by atoms with van der Waals surface area (Å²) in [7, 11) is 0. The van der Waals surface area contributed by atoms with Crippen molar-refractivity contribution in [1.82, 2.24) is 20.3 Å². The third-order valence-electron chi connectivity index (χ3n) is 4.11. The summed E-state index contributed by atoms with van der Waals surface area (Å²) >= 11 is 0. The average molecular weight is 397 g/mol. The van der Waals surface area contributed by atoms with E-state index in [1.807, 2.05) is 0 Å². The van der Waals surface area contributed by atoms with Gasteiger partial charge in [-0.05, 0) is 6.07 Å². The molecule has 1 aliphatic rings. The zero-order valence-electron chi connectivity index (χ0n) is 14.5. The lowest BCUT2D eigenvalue weighted by Crippen LogP contribution is -2.32. The van der Waals surface area contributed by atoms with E-state index in [1.165, 1.54) is 6.20 Å². The van der Waals surface area contributed by atoms with Crippen molar-refractivity contribution in [2.24, 2.45) is 0 Å². The van der Waals surface area contributed by atoms with Gasteiger partial charge in [-0.25, -0.2) is 15.0 Å². The second-order valence-electron chi connectivity index (χ2n) is 6.05. The summed E-state index contributed by atoms with van der Waals surface area (Å²) in [5.74, 6) is -0.467. The van der Waals surface area contributed by atoms with Gasteiger partial charge in [0.25, 0.3) is 0 Å². The number of rotatable bonds is 6. The molecule has 1 amide bonds. The summed E-state index contributed by atoms with van der Waals surface area (Å²) in [4.78, 5) is 23.7. The van der Waals surface area contributed by atoms with Crippen LogP contribution in [0, 0.1) is 0 Å². The Morgan fingerprint density at radius 3 is 2.86 bits per heavy atom. The Balaban J connectivity index is 1.83. The van der Waals surface area contributed by atoms with Crippen molar-refractivity contribution in [2.45, 2.75) is 12.1 Å². The maximum Gasteiger partial charge on any atom is 0.417 e. The van der Waals surface area contributed by atoms with Crippen LogP contribution in [0.3, 0.4) is 0 Å². The van der Waals surface area contributed by atoms with Crippen LogP contribution in [-0.4, -0.2) is 52.2 Å². The molecule has 9 nitrogen and oxygen atoms in total. The van der Waals surface area contributed by atoms with E-state index >= 15 is 0 Å². The number of nitrogens with one attached hydrogen (secondary N) is 3. The summed E-state index contributed by atoms with van der Waals surface area (Å²) in [6, 6.07) is 1.03. The number of pyridine rings is 1. The molecule has 6 N–H and O–H groups in total. The number of aromatic nitrogens is 3. The maximum absolute atomic E-state index is 13.0. The third-order valence-corrected chi connectivity index (χ3v) is 4.11. The Hall–Kier alpha value is -3.15. The number of fused-ring (bicyclic) bond motifs is 1. The number of carbonyl (C=O) groups excluding carboxylic acids is 1. The summed E-state index contributed by atoms with van der Waals surface area (Å²) in [5.41, 5.74) is 5.98. The monoisotopic (exact) mass is 397 g/mol. The molecule has 1 unspecified atom stereocenters. The normalized spacial score (nSPS) is 15.6. The van der Waals surface area contributed by atoms with E-state index in [0.29, 0.717) is 17.1 Å². The Labute approximate surface area is 157 Å². The number of hydrogen-bond acceptors (Lipinski definition) is 8. The molecule has 0 bridgehead atoms. The van der Waals surface area contributed by atoms with Crippen LogP contribution < -0.4 is 21.7 Å². The number of nitrogens with two attached hydrogens (primary N) is 1. The lowest BCUT2D eigenvalue weighted by atomic mass is 9.97. The summed E-state index contributed by atoms with van der Waals surface area (Å²) in [5, 5.41) is 16.8. The van der Waals surface area contributed by atoms with Crippen molar-refractivity contribution in [2.75, 3.05) is 42.6 Å². The van der Waals surface area contributed by atoms with E-state index in [0.717, 1.165) is 12.3 Å². The smallest absolute Gasteiger partial charge is 0.396 e. The van der Waals surface area contributed by atoms with Gasteiger partial charge in [0.15, 0.2) is 0 Å². The topological polar surface area (TPSA) is 138 Å². The van der Waals surface area contributed by atoms with Crippen molar-refractivity contribution in [3.05, 3.63) is 35.3 Å². The Morgan fingerprint density at radius 2 is 2.14 bits per heavy atom. The minimum Gasteiger partial charge on any atom is -0.396 e. The Morgan fingerprint density at radius 1 is 1.36 bits per heavy atom. The number of carbonyl (C=O) groups is 1. The van der Waals surface area contributed by atoms with Gasteiger partial charge in [0.2, 0.25) is 11.9 Å². The van der Waals surface area contributed by atoms with Crippen molar-refractivity contribution in [3.8, 4) is 0 Å². The maximum atomic E-state index is 13.0. The first-order valence-electron chi connectivity index (χ1n) is 8.34. The number of amides is 1. The minimum atomic E-state index is -4.51. The van der Waals surface area contributed by atoms with Crippen molar-refractivity contribution >= 4 is 23.4 Å². The van der Waals surface area contributed by atoms with Gasteiger partial charge in [0.05, 0.1) is 36.3 Å². The molecule has 0 spiro atoms. The predicted molar refractivity (Wildman–Crippen MR) is 94.6 cm³/mol. The first-order chi connectivity index (χ1) is 13.3. The van der Waals surface area contributed by atoms with Crippen LogP contribution in [-0.2, 0) is 11.0 Å². The molecule has 28 heavy (non-hydrogen) atoms. The van der Waals surface area contributed by atoms with E-state index in [2.05, 4.69) is 30.9 Å². The number of nitrogen functional groups attached to an aromatic ring is 1. The number of anilines is 3. The SMILES string of the molecule is Nc1cnc(NCC(=O)NCCO)nc1C1CNc2ncc(C(F)(F)F)cc21. The number of nitrogens with zero attached hydrogens (tertiary/aromatic N) is 3. The summed E-state index contributed by atoms with van der Waals surface area (Å²) in [6.45, 7) is 0.0770. The van der Waals surface area contributed by atoms with Crippen LogP contribution in [0.15, 0.2) is 18.5 Å². The second kappa shape index (κ2) is 7.84. The molecule has 0 saturated carbocycles. The Kier molecular flexibility index (Phi) is 5.49. The van der Waals surface area contributed by atoms with Gasteiger partial charge in [-0.3, -0.25) is 4.79 Å². The van der Waals surface area contributed by atoms with Crippen LogP contribution >= 0.6 is 0 Å². The van der Waals surface area contributed by atoms with Crippen LogP contribution in [0.5, 0.6) is 0 Å². The molecule has 0 aliphatic carbocycles. The molecule has 12 heteroatoms. The fraction of sp³-hybridized carbons (Fsp3) is 0.375. The molecular formula is C16H18F3N7O2. The van der Waals surface area contributed by atoms with E-state index < -0.39 is 17.7 Å². The molecule has 1 aliphatic heterocycles. The van der Waals surface area contributed by atoms with E-state index in [-0.39, 0.29) is 43.8 Å². The van der Waals surface area contributed by atoms with Gasteiger partial charge in [0.1, 0.15) is 5.82 Å². The molecule has 0 radical (unpaired) electrons. The van der Waals surface area contributed by atoms with Crippen molar-refractivity contribution < 1.29 is 23.1 Å². The lowest BCUT2D eigenvalue weighted by molar-refractivity contribution is -0.137. The first-order valence-corrected chi connectivity index (χ1v) is 8.34. The highest BCUT2D eigenvalue weighted by atomic mass is 19.4. The minimum absolute atomic E-state index is 0.108. The molecule has 3 heterocycles. The fourth-order valence-corrected chi connectivity index (χ4v) is 2.79. The second-order valence-corrected chi connectivity index (χ2v) is 6.05. The standard InChI is InChI=1S/C16H18F3N7O2/c17-16(18,19)8-3-9-10(5-23-14(9)22-4-8)13-11(20)6-24-15(26-13)25-7-12(28)21-1-2-27/h3-4,6,10,27H,1-2,5,7,20H2,(H,21,28)(H,22,23)(H,24,25,26). The zero-order chi connectivity index (χ0) is 20.3. The number of halogens is 3. The largest absolute Gasteiger partial charge is 0.417 e. The molecule has 150 valence electrons. The van der Waals surface area contributed by atoms with E-state index in [1.54, 1.807) is 0 Å². The van der Waals surface area contributed by atoms with Crippen molar-refractivity contribution in [3.63, 3.8) is 0 Å². The van der Waals surface area contributed by atoms with Gasteiger partial charge >= 0.3 is 6.18 Å². The molecular weight excluding hydrogens is 379 g/mol. The Bertz CT molecular complexity index is 876. The van der Waals surface area contributed by atoms with Gasteiger partial charge in [-0.15, -0.1) is 0 Å². The molecule has 3 rings (SSSR count). The molecule has 2 aromatic heterocycles. The number of aliphatic hydroxyl groups excluding tert-OH is 1. The van der Waals surface area contributed by atoms with Crippen LogP contribution in [0.4, 0.5) is 30.6 Å². The van der Waals surface area contributed by atoms with Gasteiger partial charge < -0.3 is 26.8 Å². The molecule has 0 aromatic carbocycles. The van der Waals surface area contributed by atoms with E-state index in [9.17, 15) is 18.0 Å². The molecule has 0 saturated heterocycles. The van der Waals surface area contributed by atoms with Crippen LogP contribution in [0.25, 0.3) is 0 Å². The molecule has 2 aromatic rings. The first kappa shape index (κ1) is 19.6. The highest BCUT2D eigenvalue weighted by Gasteiger charge is 2.35. The highest BCUT2D eigenvalue weighted by molar-refractivity contribution is 5.80. The number of alkyl halides is 3.